The summed E-state index contributed by atoms with van der Waals surface area (Å²) in [6.45, 7) is 12.6. The molecule has 0 N–H and O–H groups in total. The standard InChI is InChI=1S/C36H41N5O3/c1-8-28-21-41(20-27-17-24-11-9-10-12-30(24)37-34(27)44-28)19-26-18-25(14-13-22(26)2)32(36(4,5)35(42)43-7)29-15-16-31-33(23(29)3)38-39-40(31)6/h9-18,28,32H,8,19-21H2,1-7H3/t28-,32?/m1/s1. The number of carbonyl (C=O) groups is 1. The van der Waals surface area contributed by atoms with Crippen LogP contribution in [0.2, 0.25) is 0 Å². The second-order valence-electron chi connectivity index (χ2n) is 12.7. The summed E-state index contributed by atoms with van der Waals surface area (Å²) in [5, 5.41) is 9.80. The molecule has 0 radical (unpaired) electrons. The molecule has 0 amide bonds. The lowest BCUT2D eigenvalue weighted by atomic mass is 9.69. The van der Waals surface area contributed by atoms with Crippen molar-refractivity contribution >= 4 is 27.9 Å². The number of hydrogen-bond donors (Lipinski definition) is 0. The van der Waals surface area contributed by atoms with Crippen molar-refractivity contribution in [1.82, 2.24) is 24.9 Å². The van der Waals surface area contributed by atoms with E-state index in [-0.39, 0.29) is 18.0 Å². The van der Waals surface area contributed by atoms with E-state index >= 15 is 0 Å². The van der Waals surface area contributed by atoms with Gasteiger partial charge < -0.3 is 9.47 Å². The molecule has 0 bridgehead atoms. The van der Waals surface area contributed by atoms with Crippen LogP contribution in [0, 0.1) is 19.3 Å². The first-order valence-electron chi connectivity index (χ1n) is 15.3. The first-order chi connectivity index (χ1) is 21.1. The van der Waals surface area contributed by atoms with Gasteiger partial charge in [0, 0.05) is 43.5 Å². The smallest absolute Gasteiger partial charge is 0.312 e. The SMILES string of the molecule is CC[C@@H]1CN(Cc2cc(C(c3ccc4c(nnn4C)c3C)C(C)(C)C(=O)OC)ccc2C)Cc2cc3ccccc3nc2O1. The highest BCUT2D eigenvalue weighted by molar-refractivity contribution is 5.82. The van der Waals surface area contributed by atoms with Crippen LogP contribution in [0.4, 0.5) is 0 Å². The zero-order valence-corrected chi connectivity index (χ0v) is 26.7. The van der Waals surface area contributed by atoms with Gasteiger partial charge in [-0.25, -0.2) is 9.67 Å². The minimum absolute atomic E-state index is 0.0424. The van der Waals surface area contributed by atoms with E-state index in [0.29, 0.717) is 0 Å². The molecule has 5 aromatic rings. The van der Waals surface area contributed by atoms with Gasteiger partial charge in [0.25, 0.3) is 0 Å². The van der Waals surface area contributed by atoms with E-state index in [9.17, 15) is 4.79 Å². The summed E-state index contributed by atoms with van der Waals surface area (Å²) in [6, 6.07) is 21.2. The second-order valence-corrected chi connectivity index (χ2v) is 12.7. The highest BCUT2D eigenvalue weighted by Gasteiger charge is 2.41. The summed E-state index contributed by atoms with van der Waals surface area (Å²) >= 11 is 0. The third-order valence-corrected chi connectivity index (χ3v) is 9.28. The molecule has 2 atom stereocenters. The Balaban J connectivity index is 1.40. The van der Waals surface area contributed by atoms with Gasteiger partial charge in [0.05, 0.1) is 23.6 Å². The van der Waals surface area contributed by atoms with E-state index in [4.69, 9.17) is 14.5 Å². The molecule has 8 heteroatoms. The van der Waals surface area contributed by atoms with Crippen LogP contribution in [0.5, 0.6) is 5.88 Å². The van der Waals surface area contributed by atoms with Crippen LogP contribution in [0.1, 0.15) is 66.5 Å². The summed E-state index contributed by atoms with van der Waals surface area (Å²) < 4.78 is 13.6. The fourth-order valence-electron chi connectivity index (χ4n) is 6.69. The van der Waals surface area contributed by atoms with Crippen molar-refractivity contribution < 1.29 is 14.3 Å². The molecule has 1 unspecified atom stereocenters. The Bertz CT molecular complexity index is 1860. The lowest BCUT2D eigenvalue weighted by molar-refractivity contribution is -0.151. The van der Waals surface area contributed by atoms with E-state index in [1.165, 1.54) is 18.2 Å². The Labute approximate surface area is 259 Å². The quantitative estimate of drug-likeness (QED) is 0.196. The number of rotatable bonds is 7. The minimum Gasteiger partial charge on any atom is -0.473 e. The number of carbonyl (C=O) groups excluding carboxylic acids is 1. The number of aromatic nitrogens is 4. The maximum Gasteiger partial charge on any atom is 0.312 e. The van der Waals surface area contributed by atoms with Crippen LogP contribution in [0.25, 0.3) is 21.9 Å². The van der Waals surface area contributed by atoms with Crippen molar-refractivity contribution in [3.05, 3.63) is 94.0 Å². The van der Waals surface area contributed by atoms with Gasteiger partial charge in [-0.1, -0.05) is 54.6 Å². The summed E-state index contributed by atoms with van der Waals surface area (Å²) in [4.78, 5) is 20.6. The number of hydrogen-bond acceptors (Lipinski definition) is 7. The zero-order valence-electron chi connectivity index (χ0n) is 26.7. The number of benzene rings is 3. The molecule has 1 aliphatic heterocycles. The number of methoxy groups -OCH3 is 1. The minimum atomic E-state index is -0.836. The fourth-order valence-corrected chi connectivity index (χ4v) is 6.69. The topological polar surface area (TPSA) is 82.4 Å². The van der Waals surface area contributed by atoms with Gasteiger partial charge in [0.2, 0.25) is 5.88 Å². The van der Waals surface area contributed by atoms with Gasteiger partial charge >= 0.3 is 5.97 Å². The molecule has 3 aromatic carbocycles. The van der Waals surface area contributed by atoms with Crippen molar-refractivity contribution in [3.63, 3.8) is 0 Å². The van der Waals surface area contributed by atoms with Crippen LogP contribution in [-0.4, -0.2) is 50.6 Å². The predicted molar refractivity (Wildman–Crippen MR) is 173 cm³/mol. The number of para-hydroxylation sites is 1. The first-order valence-corrected chi connectivity index (χ1v) is 15.3. The number of pyridine rings is 1. The lowest BCUT2D eigenvalue weighted by Crippen LogP contribution is -2.34. The van der Waals surface area contributed by atoms with Crippen LogP contribution >= 0.6 is 0 Å². The maximum atomic E-state index is 13.3. The molecule has 6 rings (SSSR count). The molecule has 44 heavy (non-hydrogen) atoms. The van der Waals surface area contributed by atoms with Gasteiger partial charge in [0.15, 0.2) is 0 Å². The molecule has 0 fully saturated rings. The van der Waals surface area contributed by atoms with E-state index in [1.807, 2.05) is 45.2 Å². The van der Waals surface area contributed by atoms with E-state index in [2.05, 4.69) is 72.4 Å². The monoisotopic (exact) mass is 591 g/mol. The zero-order chi connectivity index (χ0) is 31.2. The van der Waals surface area contributed by atoms with Crippen molar-refractivity contribution in [1.29, 1.82) is 0 Å². The Kier molecular flexibility index (Phi) is 7.88. The summed E-state index contributed by atoms with van der Waals surface area (Å²) in [6.07, 6.45) is 0.934. The summed E-state index contributed by atoms with van der Waals surface area (Å²) in [5.74, 6) is 0.223. The van der Waals surface area contributed by atoms with Gasteiger partial charge in [-0.15, -0.1) is 5.10 Å². The van der Waals surface area contributed by atoms with Crippen LogP contribution in [0.15, 0.2) is 60.7 Å². The van der Waals surface area contributed by atoms with E-state index < -0.39 is 5.41 Å². The number of nitrogens with zero attached hydrogens (tertiary/aromatic N) is 5. The molecule has 0 saturated heterocycles. The molecule has 0 spiro atoms. The van der Waals surface area contributed by atoms with Gasteiger partial charge in [-0.2, -0.15) is 0 Å². The van der Waals surface area contributed by atoms with Crippen molar-refractivity contribution in [3.8, 4) is 5.88 Å². The number of fused-ring (bicyclic) bond motifs is 3. The molecule has 8 nitrogen and oxygen atoms in total. The van der Waals surface area contributed by atoms with Crippen molar-refractivity contribution in [2.45, 2.75) is 66.2 Å². The molecular weight excluding hydrogens is 550 g/mol. The molecule has 228 valence electrons. The molecular formula is C36H41N5O3. The predicted octanol–water partition coefficient (Wildman–Crippen LogP) is 6.64. The molecule has 0 aliphatic carbocycles. The van der Waals surface area contributed by atoms with Gasteiger partial charge in [0.1, 0.15) is 11.6 Å². The highest BCUT2D eigenvalue weighted by Crippen LogP contribution is 2.44. The van der Waals surface area contributed by atoms with Crippen LogP contribution < -0.4 is 4.74 Å². The van der Waals surface area contributed by atoms with Crippen LogP contribution in [0.3, 0.4) is 0 Å². The first kappa shape index (κ1) is 29.8. The fraction of sp³-hybridized carbons (Fsp3) is 0.389. The third kappa shape index (κ3) is 5.32. The maximum absolute atomic E-state index is 13.3. The highest BCUT2D eigenvalue weighted by atomic mass is 16.5. The van der Waals surface area contributed by atoms with Crippen molar-refractivity contribution in [2.24, 2.45) is 12.5 Å². The normalized spacial score (nSPS) is 16.4. The van der Waals surface area contributed by atoms with E-state index in [1.54, 1.807) is 4.68 Å². The van der Waals surface area contributed by atoms with Crippen molar-refractivity contribution in [2.75, 3.05) is 13.7 Å². The second kappa shape index (κ2) is 11.7. The Morgan fingerprint density at radius 2 is 1.91 bits per heavy atom. The van der Waals surface area contributed by atoms with Crippen LogP contribution in [-0.2, 0) is 29.7 Å². The molecule has 2 aromatic heterocycles. The van der Waals surface area contributed by atoms with Gasteiger partial charge in [-0.3, -0.25) is 9.69 Å². The Hall–Kier alpha value is -4.30. The lowest BCUT2D eigenvalue weighted by Gasteiger charge is -2.34. The number of esters is 1. The summed E-state index contributed by atoms with van der Waals surface area (Å²) in [5.41, 5.74) is 8.59. The Morgan fingerprint density at radius 3 is 2.68 bits per heavy atom. The largest absolute Gasteiger partial charge is 0.473 e. The number of ether oxygens (including phenoxy) is 2. The van der Waals surface area contributed by atoms with Gasteiger partial charge in [-0.05, 0) is 80.1 Å². The molecule has 1 aliphatic rings. The molecule has 0 saturated carbocycles. The average molecular weight is 592 g/mol. The summed E-state index contributed by atoms with van der Waals surface area (Å²) in [7, 11) is 3.35. The Morgan fingerprint density at radius 1 is 1.11 bits per heavy atom. The third-order valence-electron chi connectivity index (χ3n) is 9.28. The van der Waals surface area contributed by atoms with E-state index in [0.717, 1.165) is 76.1 Å². The molecule has 3 heterocycles. The number of aryl methyl sites for hydroxylation is 3. The average Bonchev–Trinajstić information content (AvgIpc) is 3.30.